The number of rotatable bonds is 7. The molecular weight excluding hydrogens is 322 g/mol. The van der Waals surface area contributed by atoms with Crippen LogP contribution in [0.2, 0.25) is 0 Å². The van der Waals surface area contributed by atoms with E-state index in [1.807, 2.05) is 6.07 Å². The summed E-state index contributed by atoms with van der Waals surface area (Å²) in [4.78, 5) is 12.2. The Bertz CT molecular complexity index is 748. The number of nitrogens with one attached hydrogen (secondary N) is 1. The van der Waals surface area contributed by atoms with Gasteiger partial charge in [-0.2, -0.15) is 0 Å². The van der Waals surface area contributed by atoms with Crippen LogP contribution in [0.4, 0.5) is 5.69 Å². The predicted octanol–water partition coefficient (Wildman–Crippen LogP) is 3.37. The number of hydrogen-bond donors (Lipinski definition) is 1. The molecule has 2 rings (SSSR count). The summed E-state index contributed by atoms with van der Waals surface area (Å²) >= 11 is 0. The van der Waals surface area contributed by atoms with Crippen molar-refractivity contribution in [3.63, 3.8) is 0 Å². The Morgan fingerprint density at radius 2 is 1.44 bits per heavy atom. The van der Waals surface area contributed by atoms with E-state index in [1.54, 1.807) is 57.7 Å². The first-order chi connectivity index (χ1) is 12.1. The van der Waals surface area contributed by atoms with Gasteiger partial charge < -0.3 is 24.3 Å². The summed E-state index contributed by atoms with van der Waals surface area (Å²) in [5.74, 6) is 2.08. The zero-order valence-corrected chi connectivity index (χ0v) is 14.7. The molecule has 1 amide bonds. The maximum atomic E-state index is 12.2. The van der Waals surface area contributed by atoms with Crippen molar-refractivity contribution >= 4 is 17.7 Å². The molecule has 0 aromatic heterocycles. The molecule has 0 aliphatic rings. The average Bonchev–Trinajstić information content (AvgIpc) is 2.65. The van der Waals surface area contributed by atoms with Gasteiger partial charge in [-0.05, 0) is 30.3 Å². The highest BCUT2D eigenvalue weighted by Crippen LogP contribution is 2.31. The minimum absolute atomic E-state index is 0.292. The molecular formula is C19H21NO5. The van der Waals surface area contributed by atoms with Crippen molar-refractivity contribution in [3.8, 4) is 23.0 Å². The van der Waals surface area contributed by atoms with Gasteiger partial charge in [-0.25, -0.2) is 0 Å². The fourth-order valence-corrected chi connectivity index (χ4v) is 2.30. The Kier molecular flexibility index (Phi) is 6.28. The zero-order chi connectivity index (χ0) is 18.2. The van der Waals surface area contributed by atoms with Crippen molar-refractivity contribution in [2.75, 3.05) is 33.8 Å². The molecule has 0 saturated heterocycles. The summed E-state index contributed by atoms with van der Waals surface area (Å²) in [5, 5.41) is 2.77. The van der Waals surface area contributed by atoms with E-state index in [0.29, 0.717) is 34.2 Å². The lowest BCUT2D eigenvalue weighted by Gasteiger charge is -2.10. The maximum Gasteiger partial charge on any atom is 0.248 e. The SMILES string of the molecule is COc1ccc(NC(=O)/C=C/c2c(OC)cccc2OC)cc1OC. The molecule has 25 heavy (non-hydrogen) atoms. The summed E-state index contributed by atoms with van der Waals surface area (Å²) in [7, 11) is 6.22. The molecule has 0 radical (unpaired) electrons. The van der Waals surface area contributed by atoms with Crippen molar-refractivity contribution in [2.45, 2.75) is 0 Å². The van der Waals surface area contributed by atoms with Gasteiger partial charge in [0.15, 0.2) is 11.5 Å². The van der Waals surface area contributed by atoms with E-state index in [9.17, 15) is 4.79 Å². The molecule has 0 fully saturated rings. The van der Waals surface area contributed by atoms with Gasteiger partial charge >= 0.3 is 0 Å². The minimum atomic E-state index is -0.292. The number of methoxy groups -OCH3 is 4. The number of benzene rings is 2. The first-order valence-corrected chi connectivity index (χ1v) is 7.55. The Labute approximate surface area is 147 Å². The van der Waals surface area contributed by atoms with Gasteiger partial charge in [0.2, 0.25) is 5.91 Å². The molecule has 0 aliphatic heterocycles. The van der Waals surface area contributed by atoms with E-state index in [2.05, 4.69) is 5.32 Å². The van der Waals surface area contributed by atoms with Gasteiger partial charge in [0.05, 0.1) is 34.0 Å². The molecule has 0 aliphatic carbocycles. The van der Waals surface area contributed by atoms with Crippen molar-refractivity contribution < 1.29 is 23.7 Å². The molecule has 6 heteroatoms. The van der Waals surface area contributed by atoms with Gasteiger partial charge in [-0.3, -0.25) is 4.79 Å². The van der Waals surface area contributed by atoms with Crippen LogP contribution in [0.15, 0.2) is 42.5 Å². The van der Waals surface area contributed by atoms with Crippen LogP contribution in [0.3, 0.4) is 0 Å². The molecule has 6 nitrogen and oxygen atoms in total. The second-order valence-electron chi connectivity index (χ2n) is 4.97. The summed E-state index contributed by atoms with van der Waals surface area (Å²) in [6.07, 6.45) is 3.06. The Balaban J connectivity index is 2.17. The number of hydrogen-bond acceptors (Lipinski definition) is 5. The van der Waals surface area contributed by atoms with E-state index in [0.717, 1.165) is 0 Å². The third kappa shape index (κ3) is 4.44. The molecule has 0 heterocycles. The molecule has 132 valence electrons. The van der Waals surface area contributed by atoms with Crippen LogP contribution in [0, 0.1) is 0 Å². The first kappa shape index (κ1) is 18.2. The highest BCUT2D eigenvalue weighted by Gasteiger charge is 2.08. The summed E-state index contributed by atoms with van der Waals surface area (Å²) in [6.45, 7) is 0. The van der Waals surface area contributed by atoms with Gasteiger partial charge in [0.25, 0.3) is 0 Å². The molecule has 0 saturated carbocycles. The number of ether oxygens (including phenoxy) is 4. The quantitative estimate of drug-likeness (QED) is 0.781. The molecule has 1 N–H and O–H groups in total. The molecule has 2 aromatic carbocycles. The maximum absolute atomic E-state index is 12.2. The predicted molar refractivity (Wildman–Crippen MR) is 96.8 cm³/mol. The number of carbonyl (C=O) groups is 1. The lowest BCUT2D eigenvalue weighted by Crippen LogP contribution is -2.08. The molecule has 0 spiro atoms. The largest absolute Gasteiger partial charge is 0.496 e. The van der Waals surface area contributed by atoms with Crippen molar-refractivity contribution in [2.24, 2.45) is 0 Å². The normalized spacial score (nSPS) is 10.4. The summed E-state index contributed by atoms with van der Waals surface area (Å²) < 4.78 is 21.0. The molecule has 2 aromatic rings. The van der Waals surface area contributed by atoms with E-state index >= 15 is 0 Å². The second kappa shape index (κ2) is 8.63. The van der Waals surface area contributed by atoms with Crippen LogP contribution in [0.25, 0.3) is 6.08 Å². The fraction of sp³-hybridized carbons (Fsp3) is 0.211. The standard InChI is InChI=1S/C19H21NO5/c1-22-15-6-5-7-16(23-2)14(15)9-11-19(21)20-13-8-10-17(24-3)18(12-13)25-4/h5-12H,1-4H3,(H,20,21)/b11-9+. The van der Waals surface area contributed by atoms with Crippen LogP contribution >= 0.6 is 0 Å². The van der Waals surface area contributed by atoms with Crippen LogP contribution in [0.1, 0.15) is 5.56 Å². The van der Waals surface area contributed by atoms with Gasteiger partial charge in [-0.1, -0.05) is 6.07 Å². The number of amides is 1. The molecule has 0 bridgehead atoms. The van der Waals surface area contributed by atoms with Crippen LogP contribution < -0.4 is 24.3 Å². The number of carbonyl (C=O) groups excluding carboxylic acids is 1. The Morgan fingerprint density at radius 1 is 0.840 bits per heavy atom. The first-order valence-electron chi connectivity index (χ1n) is 7.55. The second-order valence-corrected chi connectivity index (χ2v) is 4.97. The lowest BCUT2D eigenvalue weighted by molar-refractivity contribution is -0.111. The average molecular weight is 343 g/mol. The fourth-order valence-electron chi connectivity index (χ4n) is 2.30. The van der Waals surface area contributed by atoms with Crippen molar-refractivity contribution in [1.82, 2.24) is 0 Å². The lowest BCUT2D eigenvalue weighted by atomic mass is 10.1. The third-order valence-corrected chi connectivity index (χ3v) is 3.52. The van der Waals surface area contributed by atoms with Crippen LogP contribution in [-0.4, -0.2) is 34.3 Å². The van der Waals surface area contributed by atoms with E-state index < -0.39 is 0 Å². The van der Waals surface area contributed by atoms with Gasteiger partial charge in [0, 0.05) is 17.8 Å². The Hall–Kier alpha value is -3.15. The summed E-state index contributed by atoms with van der Waals surface area (Å²) in [6, 6.07) is 10.6. The summed E-state index contributed by atoms with van der Waals surface area (Å²) in [5.41, 5.74) is 1.29. The van der Waals surface area contributed by atoms with Crippen molar-refractivity contribution in [3.05, 3.63) is 48.0 Å². The highest BCUT2D eigenvalue weighted by molar-refractivity contribution is 6.02. The topological polar surface area (TPSA) is 66.0 Å². The van der Waals surface area contributed by atoms with Crippen LogP contribution in [-0.2, 0) is 4.79 Å². The minimum Gasteiger partial charge on any atom is -0.496 e. The van der Waals surface area contributed by atoms with Crippen LogP contribution in [0.5, 0.6) is 23.0 Å². The highest BCUT2D eigenvalue weighted by atomic mass is 16.5. The molecule has 0 atom stereocenters. The van der Waals surface area contributed by atoms with E-state index in [1.165, 1.54) is 13.2 Å². The van der Waals surface area contributed by atoms with Crippen molar-refractivity contribution in [1.29, 1.82) is 0 Å². The van der Waals surface area contributed by atoms with Gasteiger partial charge in [-0.15, -0.1) is 0 Å². The van der Waals surface area contributed by atoms with E-state index in [-0.39, 0.29) is 5.91 Å². The van der Waals surface area contributed by atoms with Gasteiger partial charge in [0.1, 0.15) is 11.5 Å². The smallest absolute Gasteiger partial charge is 0.248 e. The number of anilines is 1. The third-order valence-electron chi connectivity index (χ3n) is 3.52. The Morgan fingerprint density at radius 3 is 2.00 bits per heavy atom. The van der Waals surface area contributed by atoms with E-state index in [4.69, 9.17) is 18.9 Å². The molecule has 0 unspecified atom stereocenters. The monoisotopic (exact) mass is 343 g/mol. The zero-order valence-electron chi connectivity index (χ0n) is 14.7.